The summed E-state index contributed by atoms with van der Waals surface area (Å²) in [5.74, 6) is 0. The second-order valence-electron chi connectivity index (χ2n) is 3.95. The fourth-order valence-corrected chi connectivity index (χ4v) is 0.537. The van der Waals surface area contributed by atoms with Crippen LogP contribution in [0.3, 0.4) is 0 Å². The van der Waals surface area contributed by atoms with E-state index in [2.05, 4.69) is 0 Å². The molecule has 0 heterocycles. The first-order valence-electron chi connectivity index (χ1n) is 4.14. The van der Waals surface area contributed by atoms with Gasteiger partial charge < -0.3 is 9.47 Å². The molecule has 0 saturated carbocycles. The van der Waals surface area contributed by atoms with Crippen LogP contribution >= 0.6 is 0 Å². The Balaban J connectivity index is 4.23. The van der Waals surface area contributed by atoms with Crippen LogP contribution in [0.5, 0.6) is 0 Å². The third-order valence-corrected chi connectivity index (χ3v) is 1.94. The second kappa shape index (κ2) is 4.06. The summed E-state index contributed by atoms with van der Waals surface area (Å²) in [5, 5.41) is 0. The monoisotopic (exact) mass is 172 g/mol. The minimum Gasteiger partial charge on any atom is -0.375 e. The highest BCUT2D eigenvalue weighted by molar-refractivity contribution is 5.04. The predicted octanol–water partition coefficient (Wildman–Crippen LogP) is 2.39. The van der Waals surface area contributed by atoms with Crippen LogP contribution in [-0.2, 0) is 9.47 Å². The maximum atomic E-state index is 5.24. The summed E-state index contributed by atoms with van der Waals surface area (Å²) in [6, 6.07) is 0. The van der Waals surface area contributed by atoms with E-state index in [1.165, 1.54) is 0 Å². The Labute approximate surface area is 75.6 Å². The highest BCUT2D eigenvalue weighted by Crippen LogP contribution is 2.15. The Morgan fingerprint density at radius 2 is 1.00 bits per heavy atom. The van der Waals surface area contributed by atoms with Gasteiger partial charge in [-0.1, -0.05) is 12.2 Å². The topological polar surface area (TPSA) is 18.5 Å². The van der Waals surface area contributed by atoms with Gasteiger partial charge >= 0.3 is 0 Å². The van der Waals surface area contributed by atoms with Gasteiger partial charge in [-0.05, 0) is 27.7 Å². The summed E-state index contributed by atoms with van der Waals surface area (Å²) >= 11 is 0. The standard InChI is InChI=1S/C10H20O2/c1-9(2,11-5)7-8-10(3,4)12-6/h7-8H,1-6H3/b8-7-. The highest BCUT2D eigenvalue weighted by atomic mass is 16.5. The van der Waals surface area contributed by atoms with Crippen molar-refractivity contribution in [3.8, 4) is 0 Å². The lowest BCUT2D eigenvalue weighted by molar-refractivity contribution is 0.0506. The lowest BCUT2D eigenvalue weighted by Gasteiger charge is -2.22. The van der Waals surface area contributed by atoms with Crippen molar-refractivity contribution in [3.63, 3.8) is 0 Å². The second-order valence-corrected chi connectivity index (χ2v) is 3.95. The lowest BCUT2D eigenvalue weighted by atomic mass is 10.0. The predicted molar refractivity (Wildman–Crippen MR) is 51.3 cm³/mol. The molecule has 72 valence electrons. The summed E-state index contributed by atoms with van der Waals surface area (Å²) in [6.07, 6.45) is 4.02. The summed E-state index contributed by atoms with van der Waals surface area (Å²) in [7, 11) is 3.40. The number of rotatable bonds is 4. The van der Waals surface area contributed by atoms with Gasteiger partial charge in [0, 0.05) is 14.2 Å². The van der Waals surface area contributed by atoms with E-state index >= 15 is 0 Å². The van der Waals surface area contributed by atoms with Crippen LogP contribution in [-0.4, -0.2) is 25.4 Å². The van der Waals surface area contributed by atoms with Crippen molar-refractivity contribution in [2.45, 2.75) is 38.9 Å². The van der Waals surface area contributed by atoms with E-state index in [0.29, 0.717) is 0 Å². The van der Waals surface area contributed by atoms with Crippen molar-refractivity contribution in [1.29, 1.82) is 0 Å². The fraction of sp³-hybridized carbons (Fsp3) is 0.800. The first-order chi connectivity index (χ1) is 5.33. The van der Waals surface area contributed by atoms with E-state index in [1.807, 2.05) is 39.8 Å². The third kappa shape index (κ3) is 4.52. The van der Waals surface area contributed by atoms with Crippen LogP contribution in [0.1, 0.15) is 27.7 Å². The molecule has 0 rings (SSSR count). The van der Waals surface area contributed by atoms with Gasteiger partial charge in [-0.2, -0.15) is 0 Å². The summed E-state index contributed by atoms with van der Waals surface area (Å²) < 4.78 is 10.5. The molecule has 0 aromatic rings. The summed E-state index contributed by atoms with van der Waals surface area (Å²) in [4.78, 5) is 0. The highest BCUT2D eigenvalue weighted by Gasteiger charge is 2.16. The first kappa shape index (κ1) is 11.7. The van der Waals surface area contributed by atoms with Crippen molar-refractivity contribution >= 4 is 0 Å². The molecule has 0 aromatic heterocycles. The van der Waals surface area contributed by atoms with Crippen molar-refractivity contribution < 1.29 is 9.47 Å². The summed E-state index contributed by atoms with van der Waals surface area (Å²) in [6.45, 7) is 8.04. The molecule has 2 nitrogen and oxygen atoms in total. The van der Waals surface area contributed by atoms with E-state index in [4.69, 9.17) is 9.47 Å². The normalized spacial score (nSPS) is 14.2. The van der Waals surface area contributed by atoms with E-state index in [1.54, 1.807) is 14.2 Å². The molecule has 0 aliphatic carbocycles. The molecular weight excluding hydrogens is 152 g/mol. The average molecular weight is 172 g/mol. The molecular formula is C10H20O2. The van der Waals surface area contributed by atoms with Crippen LogP contribution in [0, 0.1) is 0 Å². The Morgan fingerprint density at radius 3 is 1.17 bits per heavy atom. The molecule has 0 aliphatic heterocycles. The Hall–Kier alpha value is -0.340. The van der Waals surface area contributed by atoms with E-state index in [9.17, 15) is 0 Å². The average Bonchev–Trinajstić information content (AvgIpc) is 2.02. The van der Waals surface area contributed by atoms with Gasteiger partial charge in [-0.25, -0.2) is 0 Å². The third-order valence-electron chi connectivity index (χ3n) is 1.94. The summed E-state index contributed by atoms with van der Waals surface area (Å²) in [5.41, 5.74) is -0.425. The molecule has 0 radical (unpaired) electrons. The molecule has 0 N–H and O–H groups in total. The van der Waals surface area contributed by atoms with Crippen LogP contribution in [0.25, 0.3) is 0 Å². The molecule has 0 unspecified atom stereocenters. The van der Waals surface area contributed by atoms with Crippen LogP contribution in [0.2, 0.25) is 0 Å². The molecule has 0 fully saturated rings. The van der Waals surface area contributed by atoms with Gasteiger partial charge in [0.05, 0.1) is 11.2 Å². The van der Waals surface area contributed by atoms with Crippen molar-refractivity contribution in [3.05, 3.63) is 12.2 Å². The van der Waals surface area contributed by atoms with Gasteiger partial charge in [0.25, 0.3) is 0 Å². The lowest BCUT2D eigenvalue weighted by Crippen LogP contribution is -2.23. The maximum absolute atomic E-state index is 5.24. The smallest absolute Gasteiger partial charge is 0.0803 e. The molecule has 0 spiro atoms. The van der Waals surface area contributed by atoms with E-state index < -0.39 is 0 Å². The van der Waals surface area contributed by atoms with Gasteiger partial charge in [0.2, 0.25) is 0 Å². The molecule has 0 saturated heterocycles. The Bertz CT molecular complexity index is 139. The maximum Gasteiger partial charge on any atom is 0.0803 e. The Morgan fingerprint density at radius 1 is 0.750 bits per heavy atom. The largest absolute Gasteiger partial charge is 0.375 e. The fourth-order valence-electron chi connectivity index (χ4n) is 0.537. The van der Waals surface area contributed by atoms with Crippen molar-refractivity contribution in [2.24, 2.45) is 0 Å². The number of ether oxygens (including phenoxy) is 2. The van der Waals surface area contributed by atoms with Crippen LogP contribution in [0.4, 0.5) is 0 Å². The SMILES string of the molecule is COC(C)(C)/C=C\C(C)(C)OC. The molecule has 12 heavy (non-hydrogen) atoms. The molecule has 0 aromatic carbocycles. The molecule has 2 heteroatoms. The molecule has 0 bridgehead atoms. The first-order valence-corrected chi connectivity index (χ1v) is 4.14. The van der Waals surface area contributed by atoms with Gasteiger partial charge in [0.15, 0.2) is 0 Å². The number of methoxy groups -OCH3 is 2. The molecule has 0 amide bonds. The van der Waals surface area contributed by atoms with Gasteiger partial charge in [-0.3, -0.25) is 0 Å². The van der Waals surface area contributed by atoms with E-state index in [0.717, 1.165) is 0 Å². The number of hydrogen-bond acceptors (Lipinski definition) is 2. The zero-order valence-corrected chi connectivity index (χ0v) is 8.97. The van der Waals surface area contributed by atoms with Crippen LogP contribution < -0.4 is 0 Å². The van der Waals surface area contributed by atoms with Gasteiger partial charge in [0.1, 0.15) is 0 Å². The Kier molecular flexibility index (Phi) is 3.94. The minimum atomic E-state index is -0.213. The van der Waals surface area contributed by atoms with Crippen molar-refractivity contribution in [1.82, 2.24) is 0 Å². The molecule has 0 atom stereocenters. The quantitative estimate of drug-likeness (QED) is 0.606. The van der Waals surface area contributed by atoms with Gasteiger partial charge in [-0.15, -0.1) is 0 Å². The van der Waals surface area contributed by atoms with E-state index in [-0.39, 0.29) is 11.2 Å². The van der Waals surface area contributed by atoms with Crippen LogP contribution in [0.15, 0.2) is 12.2 Å². The number of hydrogen-bond donors (Lipinski definition) is 0. The minimum absolute atomic E-state index is 0.212. The zero-order chi connectivity index (χ0) is 9.83. The zero-order valence-electron chi connectivity index (χ0n) is 8.97. The molecule has 0 aliphatic rings. The van der Waals surface area contributed by atoms with Crippen molar-refractivity contribution in [2.75, 3.05) is 14.2 Å².